The molecule has 0 bridgehead atoms. The topological polar surface area (TPSA) is 70.3 Å². The number of hydrogen-bond donors (Lipinski definition) is 2. The minimum Gasteiger partial charge on any atom is -0.393 e. The van der Waals surface area contributed by atoms with E-state index in [-0.39, 0.29) is 0 Å². The van der Waals surface area contributed by atoms with Gasteiger partial charge in [0.2, 0.25) is 0 Å². The summed E-state index contributed by atoms with van der Waals surface area (Å²) in [7, 11) is 0. The van der Waals surface area contributed by atoms with Gasteiger partial charge in [-0.2, -0.15) is 0 Å². The van der Waals surface area contributed by atoms with Crippen LogP contribution in [-0.2, 0) is 0 Å². The van der Waals surface area contributed by atoms with Gasteiger partial charge >= 0.3 is 0 Å². The molecule has 122 valence electrons. The van der Waals surface area contributed by atoms with Crippen LogP contribution < -0.4 is 16.0 Å². The number of nitrogen functional groups attached to an aromatic ring is 1. The van der Waals surface area contributed by atoms with E-state index in [0.29, 0.717) is 11.5 Å². The highest BCUT2D eigenvalue weighted by atomic mass is 79.9. The number of piperazine rings is 1. The van der Waals surface area contributed by atoms with E-state index in [1.165, 1.54) is 0 Å². The lowest BCUT2D eigenvalue weighted by atomic mass is 10.3. The number of aromatic nitrogens is 2. The summed E-state index contributed by atoms with van der Waals surface area (Å²) >= 11 is 3.47. The number of anilines is 4. The quantitative estimate of drug-likeness (QED) is 0.854. The summed E-state index contributed by atoms with van der Waals surface area (Å²) in [5.74, 6) is 1.46. The van der Waals surface area contributed by atoms with Gasteiger partial charge in [-0.05, 0) is 24.7 Å². The molecule has 1 fully saturated rings. The van der Waals surface area contributed by atoms with E-state index in [2.05, 4.69) is 47.9 Å². The normalized spacial score (nSPS) is 15.7. The van der Waals surface area contributed by atoms with E-state index in [1.807, 2.05) is 24.3 Å². The Hall–Kier alpha value is -1.86. The molecule has 0 saturated carbocycles. The van der Waals surface area contributed by atoms with Crippen molar-refractivity contribution in [2.24, 2.45) is 0 Å². The third-order valence-electron chi connectivity index (χ3n) is 4.07. The van der Waals surface area contributed by atoms with Crippen molar-refractivity contribution in [3.05, 3.63) is 35.1 Å². The fourth-order valence-electron chi connectivity index (χ4n) is 2.72. The van der Waals surface area contributed by atoms with Crippen LogP contribution in [0.15, 0.2) is 35.1 Å². The van der Waals surface area contributed by atoms with Gasteiger partial charge in [-0.15, -0.1) is 0 Å². The van der Waals surface area contributed by atoms with Gasteiger partial charge in [-0.25, -0.2) is 9.97 Å². The maximum Gasteiger partial charge on any atom is 0.159 e. The zero-order valence-corrected chi connectivity index (χ0v) is 14.8. The number of nitrogens with one attached hydrogen (secondary N) is 1. The Labute approximate surface area is 144 Å². The standard InChI is InChI=1S/C16H21BrN6/c1-2-22-6-8-23(9-7-22)16-14(18)15(19-11-20-16)21-13-5-3-4-12(17)10-13/h3-5,10-11H,2,6-9,18H2,1H3,(H,19,20,21). The number of benzene rings is 1. The number of rotatable bonds is 4. The third-order valence-corrected chi connectivity index (χ3v) is 4.56. The lowest BCUT2D eigenvalue weighted by Gasteiger charge is -2.35. The molecule has 3 rings (SSSR count). The molecule has 1 aromatic carbocycles. The van der Waals surface area contributed by atoms with Crippen molar-refractivity contribution < 1.29 is 0 Å². The smallest absolute Gasteiger partial charge is 0.159 e. The number of halogens is 1. The summed E-state index contributed by atoms with van der Waals surface area (Å²) in [6, 6.07) is 7.91. The molecule has 1 saturated heterocycles. The first-order valence-electron chi connectivity index (χ1n) is 7.77. The molecule has 0 spiro atoms. The van der Waals surface area contributed by atoms with Gasteiger partial charge in [-0.3, -0.25) is 0 Å². The first-order chi connectivity index (χ1) is 11.2. The Bertz CT molecular complexity index is 669. The molecule has 2 aromatic rings. The van der Waals surface area contributed by atoms with E-state index >= 15 is 0 Å². The van der Waals surface area contributed by atoms with Crippen molar-refractivity contribution in [1.29, 1.82) is 0 Å². The molecule has 0 amide bonds. The third kappa shape index (κ3) is 3.73. The van der Waals surface area contributed by atoms with Crippen LogP contribution in [-0.4, -0.2) is 47.6 Å². The Kier molecular flexibility index (Phi) is 4.97. The molecule has 0 atom stereocenters. The summed E-state index contributed by atoms with van der Waals surface area (Å²) < 4.78 is 1.01. The predicted molar refractivity (Wildman–Crippen MR) is 98.2 cm³/mol. The Morgan fingerprint density at radius 2 is 2.00 bits per heavy atom. The van der Waals surface area contributed by atoms with Gasteiger partial charge in [0.25, 0.3) is 0 Å². The molecule has 0 radical (unpaired) electrons. The van der Waals surface area contributed by atoms with Crippen molar-refractivity contribution in [3.63, 3.8) is 0 Å². The maximum absolute atomic E-state index is 6.31. The van der Waals surface area contributed by atoms with Crippen molar-refractivity contribution in [2.75, 3.05) is 48.7 Å². The maximum atomic E-state index is 6.31. The monoisotopic (exact) mass is 376 g/mol. The fourth-order valence-corrected chi connectivity index (χ4v) is 3.12. The zero-order chi connectivity index (χ0) is 16.2. The highest BCUT2D eigenvalue weighted by Gasteiger charge is 2.20. The summed E-state index contributed by atoms with van der Waals surface area (Å²) in [4.78, 5) is 13.3. The SMILES string of the molecule is CCN1CCN(c2ncnc(Nc3cccc(Br)c3)c2N)CC1. The van der Waals surface area contributed by atoms with Crippen molar-refractivity contribution in [2.45, 2.75) is 6.92 Å². The highest BCUT2D eigenvalue weighted by Crippen LogP contribution is 2.29. The van der Waals surface area contributed by atoms with Gasteiger partial charge < -0.3 is 20.9 Å². The van der Waals surface area contributed by atoms with Crippen LogP contribution in [0.2, 0.25) is 0 Å². The molecule has 6 nitrogen and oxygen atoms in total. The van der Waals surface area contributed by atoms with E-state index in [1.54, 1.807) is 6.33 Å². The average Bonchev–Trinajstić information content (AvgIpc) is 2.57. The van der Waals surface area contributed by atoms with Crippen LogP contribution in [0.4, 0.5) is 23.0 Å². The molecular weight excluding hydrogens is 356 g/mol. The summed E-state index contributed by atoms with van der Waals surface area (Å²) in [6.45, 7) is 7.22. The average molecular weight is 377 g/mol. The fraction of sp³-hybridized carbons (Fsp3) is 0.375. The first kappa shape index (κ1) is 16.0. The highest BCUT2D eigenvalue weighted by molar-refractivity contribution is 9.10. The minimum absolute atomic E-state index is 0.595. The molecular formula is C16H21BrN6. The largest absolute Gasteiger partial charge is 0.393 e. The Balaban J connectivity index is 1.79. The Morgan fingerprint density at radius 3 is 2.70 bits per heavy atom. The molecule has 3 N–H and O–H groups in total. The minimum atomic E-state index is 0.595. The van der Waals surface area contributed by atoms with Crippen molar-refractivity contribution >= 4 is 38.9 Å². The van der Waals surface area contributed by atoms with Crippen LogP contribution in [0, 0.1) is 0 Å². The lowest BCUT2D eigenvalue weighted by Crippen LogP contribution is -2.46. The zero-order valence-electron chi connectivity index (χ0n) is 13.2. The molecule has 23 heavy (non-hydrogen) atoms. The van der Waals surface area contributed by atoms with E-state index in [9.17, 15) is 0 Å². The number of nitrogens with two attached hydrogens (primary N) is 1. The van der Waals surface area contributed by atoms with E-state index < -0.39 is 0 Å². The number of likely N-dealkylation sites (N-methyl/N-ethyl adjacent to an activating group) is 1. The summed E-state index contributed by atoms with van der Waals surface area (Å²) in [5.41, 5.74) is 7.84. The number of hydrogen-bond acceptors (Lipinski definition) is 6. The van der Waals surface area contributed by atoms with Gasteiger partial charge in [0.05, 0.1) is 0 Å². The van der Waals surface area contributed by atoms with Crippen LogP contribution in [0.25, 0.3) is 0 Å². The molecule has 2 heterocycles. The van der Waals surface area contributed by atoms with Crippen LogP contribution in [0.5, 0.6) is 0 Å². The predicted octanol–water partition coefficient (Wildman–Crippen LogP) is 2.71. The summed E-state index contributed by atoms with van der Waals surface area (Å²) in [5, 5.41) is 3.27. The second-order valence-corrected chi connectivity index (χ2v) is 6.43. The van der Waals surface area contributed by atoms with Gasteiger partial charge in [-0.1, -0.05) is 28.9 Å². The molecule has 0 unspecified atom stereocenters. The van der Waals surface area contributed by atoms with Crippen molar-refractivity contribution in [3.8, 4) is 0 Å². The second-order valence-electron chi connectivity index (χ2n) is 5.52. The van der Waals surface area contributed by atoms with Crippen LogP contribution in [0.3, 0.4) is 0 Å². The van der Waals surface area contributed by atoms with Crippen LogP contribution >= 0.6 is 15.9 Å². The van der Waals surface area contributed by atoms with E-state index in [0.717, 1.165) is 48.7 Å². The first-order valence-corrected chi connectivity index (χ1v) is 8.57. The molecule has 1 aliphatic heterocycles. The lowest BCUT2D eigenvalue weighted by molar-refractivity contribution is 0.270. The van der Waals surface area contributed by atoms with Gasteiger partial charge in [0, 0.05) is 36.3 Å². The molecule has 7 heteroatoms. The van der Waals surface area contributed by atoms with Crippen LogP contribution in [0.1, 0.15) is 6.92 Å². The Morgan fingerprint density at radius 1 is 1.22 bits per heavy atom. The molecule has 1 aromatic heterocycles. The van der Waals surface area contributed by atoms with Gasteiger partial charge in [0.15, 0.2) is 11.6 Å². The summed E-state index contributed by atoms with van der Waals surface area (Å²) in [6.07, 6.45) is 1.57. The molecule has 0 aliphatic carbocycles. The van der Waals surface area contributed by atoms with E-state index in [4.69, 9.17) is 5.73 Å². The number of nitrogens with zero attached hydrogens (tertiary/aromatic N) is 4. The van der Waals surface area contributed by atoms with Gasteiger partial charge in [0.1, 0.15) is 12.0 Å². The van der Waals surface area contributed by atoms with Crippen molar-refractivity contribution in [1.82, 2.24) is 14.9 Å². The second kappa shape index (κ2) is 7.14. The molecule has 1 aliphatic rings.